The van der Waals surface area contributed by atoms with Crippen LogP contribution < -0.4 is 10.4 Å². The van der Waals surface area contributed by atoms with Crippen molar-refractivity contribution in [2.75, 3.05) is 0 Å². The highest BCUT2D eigenvalue weighted by molar-refractivity contribution is 5.80. The fourth-order valence-electron chi connectivity index (χ4n) is 2.61. The topological polar surface area (TPSA) is 78.4 Å². The maximum atomic E-state index is 11.8. The quantitative estimate of drug-likeness (QED) is 0.529. The average Bonchev–Trinajstić information content (AvgIpc) is 3.14. The fourth-order valence-corrected chi connectivity index (χ4v) is 2.61. The lowest BCUT2D eigenvalue weighted by molar-refractivity contribution is 0.306. The van der Waals surface area contributed by atoms with Gasteiger partial charge in [-0.25, -0.2) is 4.79 Å². The smallest absolute Gasteiger partial charge is 0.336 e. The molecular weight excluding hydrogens is 320 g/mol. The third kappa shape index (κ3) is 3.14. The Morgan fingerprint density at radius 1 is 1.08 bits per heavy atom. The van der Waals surface area contributed by atoms with Crippen LogP contribution in [0.4, 0.5) is 0 Å². The predicted octanol–water partition coefficient (Wildman–Crippen LogP) is 3.73. The first-order valence-electron chi connectivity index (χ1n) is 7.72. The second kappa shape index (κ2) is 6.24. The van der Waals surface area contributed by atoms with E-state index in [1.54, 1.807) is 0 Å². The van der Waals surface area contributed by atoms with Gasteiger partial charge >= 0.3 is 5.63 Å². The van der Waals surface area contributed by atoms with Crippen LogP contribution in [0.2, 0.25) is 0 Å². The van der Waals surface area contributed by atoms with Gasteiger partial charge in [-0.3, -0.25) is 0 Å². The molecule has 0 N–H and O–H groups in total. The molecule has 2 aromatic heterocycles. The van der Waals surface area contributed by atoms with Gasteiger partial charge in [-0.05, 0) is 42.8 Å². The first-order valence-corrected chi connectivity index (χ1v) is 7.72. The van der Waals surface area contributed by atoms with E-state index in [1.165, 1.54) is 12.5 Å². The molecule has 0 saturated carbocycles. The summed E-state index contributed by atoms with van der Waals surface area (Å²) in [6.45, 7) is 2.22. The van der Waals surface area contributed by atoms with Gasteiger partial charge in [0.2, 0.25) is 12.3 Å². The van der Waals surface area contributed by atoms with Crippen LogP contribution in [0.15, 0.2) is 68.6 Å². The molecule has 0 fully saturated rings. The van der Waals surface area contributed by atoms with Crippen molar-refractivity contribution in [3.05, 3.63) is 76.5 Å². The van der Waals surface area contributed by atoms with E-state index in [0.29, 0.717) is 17.2 Å². The van der Waals surface area contributed by atoms with Crippen LogP contribution in [0.1, 0.15) is 11.1 Å². The molecule has 0 spiro atoms. The Labute approximate surface area is 142 Å². The van der Waals surface area contributed by atoms with Crippen molar-refractivity contribution in [3.63, 3.8) is 0 Å². The highest BCUT2D eigenvalue weighted by atomic mass is 16.5. The van der Waals surface area contributed by atoms with E-state index in [0.717, 1.165) is 22.1 Å². The Hall–Kier alpha value is -3.41. The van der Waals surface area contributed by atoms with Gasteiger partial charge in [-0.15, -0.1) is 10.2 Å². The van der Waals surface area contributed by atoms with Gasteiger partial charge in [0, 0.05) is 22.6 Å². The summed E-state index contributed by atoms with van der Waals surface area (Å²) in [6, 6.07) is 14.5. The second-order valence-corrected chi connectivity index (χ2v) is 5.65. The highest BCUT2D eigenvalue weighted by Crippen LogP contribution is 2.23. The number of ether oxygens (including phenoxy) is 1. The number of aryl methyl sites for hydroxylation is 1. The summed E-state index contributed by atoms with van der Waals surface area (Å²) < 4.78 is 16.2. The third-order valence-corrected chi connectivity index (χ3v) is 3.84. The lowest BCUT2D eigenvalue weighted by Crippen LogP contribution is -2.04. The van der Waals surface area contributed by atoms with Crippen LogP contribution in [0, 0.1) is 6.92 Å². The lowest BCUT2D eigenvalue weighted by Gasteiger charge is -2.09. The first-order chi connectivity index (χ1) is 12.2. The van der Waals surface area contributed by atoms with Gasteiger partial charge in [-0.2, -0.15) is 0 Å². The molecule has 0 radical (unpaired) electrons. The van der Waals surface area contributed by atoms with Crippen molar-refractivity contribution in [1.82, 2.24) is 10.2 Å². The van der Waals surface area contributed by atoms with Crippen LogP contribution in [0.5, 0.6) is 5.75 Å². The summed E-state index contributed by atoms with van der Waals surface area (Å²) in [6.07, 6.45) is 1.29. The molecule has 0 aliphatic carbocycles. The minimum atomic E-state index is -0.386. The molecule has 25 heavy (non-hydrogen) atoms. The molecule has 4 aromatic rings. The maximum Gasteiger partial charge on any atom is 0.336 e. The molecule has 2 aromatic carbocycles. The van der Waals surface area contributed by atoms with Gasteiger partial charge in [0.1, 0.15) is 17.9 Å². The molecule has 124 valence electrons. The van der Waals surface area contributed by atoms with E-state index in [1.807, 2.05) is 49.4 Å². The SMILES string of the molecule is Cc1ccc2c(COc3ccc(-c4nnco4)cc3)cc(=O)oc2c1. The van der Waals surface area contributed by atoms with Crippen molar-refractivity contribution < 1.29 is 13.6 Å². The minimum absolute atomic E-state index is 0.269. The molecule has 4 rings (SSSR count). The highest BCUT2D eigenvalue weighted by Gasteiger charge is 2.08. The van der Waals surface area contributed by atoms with Crippen LogP contribution in [-0.4, -0.2) is 10.2 Å². The molecule has 0 amide bonds. The Balaban J connectivity index is 1.57. The molecule has 0 unspecified atom stereocenters. The minimum Gasteiger partial charge on any atom is -0.489 e. The molecule has 0 saturated heterocycles. The Kier molecular flexibility index (Phi) is 3.78. The van der Waals surface area contributed by atoms with Crippen molar-refractivity contribution in [2.45, 2.75) is 13.5 Å². The number of hydrogen-bond donors (Lipinski definition) is 0. The molecule has 6 heteroatoms. The summed E-state index contributed by atoms with van der Waals surface area (Å²) in [5.41, 5.74) is 2.81. The zero-order valence-electron chi connectivity index (χ0n) is 13.4. The molecule has 2 heterocycles. The number of aromatic nitrogens is 2. The van der Waals surface area contributed by atoms with Crippen LogP contribution in [0.3, 0.4) is 0 Å². The normalized spacial score (nSPS) is 10.9. The second-order valence-electron chi connectivity index (χ2n) is 5.65. The molecule has 0 aliphatic rings. The molecular formula is C19H14N2O4. The Morgan fingerprint density at radius 2 is 1.92 bits per heavy atom. The molecule has 0 aliphatic heterocycles. The van der Waals surface area contributed by atoms with E-state index in [-0.39, 0.29) is 12.2 Å². The molecule has 6 nitrogen and oxygen atoms in total. The summed E-state index contributed by atoms with van der Waals surface area (Å²) >= 11 is 0. The van der Waals surface area contributed by atoms with Gasteiger partial charge < -0.3 is 13.6 Å². The summed E-state index contributed by atoms with van der Waals surface area (Å²) in [4.78, 5) is 11.8. The zero-order chi connectivity index (χ0) is 17.2. The number of benzene rings is 2. The number of rotatable bonds is 4. The number of hydrogen-bond acceptors (Lipinski definition) is 6. The standard InChI is InChI=1S/C19H14N2O4/c1-12-2-7-16-14(9-18(22)25-17(16)8-12)10-23-15-5-3-13(4-6-15)19-21-20-11-24-19/h2-9,11H,10H2,1H3. The Bertz CT molecular complexity index is 1070. The summed E-state index contributed by atoms with van der Waals surface area (Å²) in [7, 11) is 0. The number of fused-ring (bicyclic) bond motifs is 1. The maximum absolute atomic E-state index is 11.8. The van der Waals surface area contributed by atoms with E-state index in [2.05, 4.69) is 10.2 Å². The monoisotopic (exact) mass is 334 g/mol. The fraction of sp³-hybridized carbons (Fsp3) is 0.105. The lowest BCUT2D eigenvalue weighted by atomic mass is 10.1. The van der Waals surface area contributed by atoms with Gasteiger partial charge in [0.05, 0.1) is 0 Å². The van der Waals surface area contributed by atoms with Crippen LogP contribution in [-0.2, 0) is 6.61 Å². The Morgan fingerprint density at radius 3 is 2.68 bits per heavy atom. The van der Waals surface area contributed by atoms with Crippen molar-refractivity contribution >= 4 is 11.0 Å². The van der Waals surface area contributed by atoms with Crippen molar-refractivity contribution in [3.8, 4) is 17.2 Å². The predicted molar refractivity (Wildman–Crippen MR) is 91.3 cm³/mol. The zero-order valence-corrected chi connectivity index (χ0v) is 13.4. The molecule has 0 atom stereocenters. The third-order valence-electron chi connectivity index (χ3n) is 3.84. The van der Waals surface area contributed by atoms with Crippen molar-refractivity contribution in [1.29, 1.82) is 0 Å². The van der Waals surface area contributed by atoms with E-state index in [9.17, 15) is 4.79 Å². The summed E-state index contributed by atoms with van der Waals surface area (Å²) in [5.74, 6) is 1.13. The summed E-state index contributed by atoms with van der Waals surface area (Å²) in [5, 5.41) is 8.38. The van der Waals surface area contributed by atoms with Crippen LogP contribution in [0.25, 0.3) is 22.4 Å². The largest absolute Gasteiger partial charge is 0.489 e. The van der Waals surface area contributed by atoms with E-state index < -0.39 is 0 Å². The number of nitrogens with zero attached hydrogens (tertiary/aromatic N) is 2. The first kappa shape index (κ1) is 15.1. The van der Waals surface area contributed by atoms with Gasteiger partial charge in [0.25, 0.3) is 0 Å². The van der Waals surface area contributed by atoms with E-state index in [4.69, 9.17) is 13.6 Å². The van der Waals surface area contributed by atoms with Gasteiger partial charge in [-0.1, -0.05) is 12.1 Å². The molecule has 0 bridgehead atoms. The van der Waals surface area contributed by atoms with Gasteiger partial charge in [0.15, 0.2) is 0 Å². The van der Waals surface area contributed by atoms with E-state index >= 15 is 0 Å². The van der Waals surface area contributed by atoms with Crippen LogP contribution >= 0.6 is 0 Å². The van der Waals surface area contributed by atoms with Crippen molar-refractivity contribution in [2.24, 2.45) is 0 Å². The average molecular weight is 334 g/mol.